The number of para-hydroxylation sites is 2. The third kappa shape index (κ3) is 2.64. The summed E-state index contributed by atoms with van der Waals surface area (Å²) in [6, 6.07) is 16.0. The Bertz CT molecular complexity index is 1240. The third-order valence-corrected chi connectivity index (χ3v) is 4.68. The lowest BCUT2D eigenvalue weighted by molar-refractivity contribution is -0.120. The first-order valence-corrected chi connectivity index (χ1v) is 8.61. The molecule has 5 rings (SSSR count). The summed E-state index contributed by atoms with van der Waals surface area (Å²) in [7, 11) is 0. The Labute approximate surface area is 153 Å². The highest BCUT2D eigenvalue weighted by atomic mass is 16.5. The molecule has 4 aromatic rings. The summed E-state index contributed by atoms with van der Waals surface area (Å²) >= 11 is 0. The highest BCUT2D eigenvalue weighted by molar-refractivity contribution is 5.95. The Morgan fingerprint density at radius 3 is 2.89 bits per heavy atom. The van der Waals surface area contributed by atoms with Crippen LogP contribution in [0.1, 0.15) is 0 Å². The maximum atomic E-state index is 12.7. The summed E-state index contributed by atoms with van der Waals surface area (Å²) in [5.41, 5.74) is 1.89. The zero-order chi connectivity index (χ0) is 18.4. The Kier molecular flexibility index (Phi) is 3.46. The number of carbonyl (C=O) groups excluding carboxylic acids is 1. The molecule has 0 N–H and O–H groups in total. The van der Waals surface area contributed by atoms with E-state index in [-0.39, 0.29) is 12.5 Å². The van der Waals surface area contributed by atoms with Gasteiger partial charge in [-0.15, -0.1) is 0 Å². The highest BCUT2D eigenvalue weighted by Crippen LogP contribution is 2.27. The van der Waals surface area contributed by atoms with Gasteiger partial charge in [0.1, 0.15) is 11.3 Å². The molecule has 0 spiro atoms. The van der Waals surface area contributed by atoms with Crippen LogP contribution in [0.4, 0.5) is 5.95 Å². The van der Waals surface area contributed by atoms with E-state index in [1.54, 1.807) is 29.2 Å². The Balaban J connectivity index is 1.35. The zero-order valence-electron chi connectivity index (χ0n) is 14.3. The lowest BCUT2D eigenvalue weighted by Gasteiger charge is -2.14. The molecule has 0 aliphatic carbocycles. The highest BCUT2D eigenvalue weighted by Gasteiger charge is 2.28. The van der Waals surface area contributed by atoms with Crippen molar-refractivity contribution in [2.45, 2.75) is 6.54 Å². The molecule has 0 saturated carbocycles. The maximum absolute atomic E-state index is 12.7. The van der Waals surface area contributed by atoms with E-state index >= 15 is 0 Å². The van der Waals surface area contributed by atoms with Gasteiger partial charge in [-0.2, -0.15) is 0 Å². The van der Waals surface area contributed by atoms with Crippen molar-refractivity contribution in [3.05, 3.63) is 65.0 Å². The number of nitrogens with zero attached hydrogens (tertiary/aromatic N) is 3. The van der Waals surface area contributed by atoms with E-state index < -0.39 is 5.63 Å². The first-order valence-electron chi connectivity index (χ1n) is 8.61. The minimum Gasteiger partial charge on any atom is -0.484 e. The van der Waals surface area contributed by atoms with Crippen LogP contribution in [0.15, 0.2) is 63.8 Å². The van der Waals surface area contributed by atoms with Gasteiger partial charge in [0.15, 0.2) is 6.61 Å². The van der Waals surface area contributed by atoms with Crippen LogP contribution in [0.3, 0.4) is 0 Å². The summed E-state index contributed by atoms with van der Waals surface area (Å²) < 4.78 is 12.8. The molecule has 3 heterocycles. The summed E-state index contributed by atoms with van der Waals surface area (Å²) in [5, 5.41) is 0.793. The van der Waals surface area contributed by atoms with Crippen LogP contribution < -0.4 is 15.3 Å². The van der Waals surface area contributed by atoms with Gasteiger partial charge >= 0.3 is 5.63 Å². The van der Waals surface area contributed by atoms with Gasteiger partial charge in [-0.1, -0.05) is 12.1 Å². The molecule has 1 aliphatic rings. The standard InChI is InChI=1S/C20H15N3O4/c24-18(12-26-14-7-5-13-6-8-19(25)27-17(13)11-14)23-10-9-22-16-4-2-1-3-15(16)21-20(22)23/h1-8,11H,9-10,12H2. The van der Waals surface area contributed by atoms with Gasteiger partial charge in [0.05, 0.1) is 11.0 Å². The van der Waals surface area contributed by atoms with Gasteiger partial charge in [0, 0.05) is 30.6 Å². The normalized spacial score (nSPS) is 13.3. The quantitative estimate of drug-likeness (QED) is 0.524. The number of rotatable bonds is 3. The predicted molar refractivity (Wildman–Crippen MR) is 100 cm³/mol. The Hall–Kier alpha value is -3.61. The van der Waals surface area contributed by atoms with Gasteiger partial charge in [-0.3, -0.25) is 9.69 Å². The average molecular weight is 361 g/mol. The average Bonchev–Trinajstić information content (AvgIpc) is 3.25. The van der Waals surface area contributed by atoms with E-state index in [1.165, 1.54) is 6.07 Å². The molecule has 0 fully saturated rings. The third-order valence-electron chi connectivity index (χ3n) is 4.68. The van der Waals surface area contributed by atoms with Crippen molar-refractivity contribution in [3.63, 3.8) is 0 Å². The Morgan fingerprint density at radius 1 is 1.11 bits per heavy atom. The monoisotopic (exact) mass is 361 g/mol. The minimum absolute atomic E-state index is 0.119. The van der Waals surface area contributed by atoms with Gasteiger partial charge in [0.2, 0.25) is 5.95 Å². The van der Waals surface area contributed by atoms with E-state index in [0.29, 0.717) is 30.4 Å². The van der Waals surface area contributed by atoms with Crippen molar-refractivity contribution in [3.8, 4) is 5.75 Å². The molecule has 0 atom stereocenters. The summed E-state index contributed by atoms with van der Waals surface area (Å²) in [4.78, 5) is 30.2. The van der Waals surface area contributed by atoms with Gasteiger partial charge in [-0.05, 0) is 30.3 Å². The number of benzene rings is 2. The fourth-order valence-corrected chi connectivity index (χ4v) is 3.38. The summed E-state index contributed by atoms with van der Waals surface area (Å²) in [6.07, 6.45) is 0. The largest absolute Gasteiger partial charge is 0.484 e. The SMILES string of the molecule is O=C(COc1ccc2ccc(=O)oc2c1)N1CCn2c1nc1ccccc12. The van der Waals surface area contributed by atoms with E-state index in [4.69, 9.17) is 9.15 Å². The van der Waals surface area contributed by atoms with E-state index in [0.717, 1.165) is 16.4 Å². The molecule has 0 unspecified atom stereocenters. The fourth-order valence-electron chi connectivity index (χ4n) is 3.38. The number of anilines is 1. The maximum Gasteiger partial charge on any atom is 0.336 e. The van der Waals surface area contributed by atoms with Crippen LogP contribution >= 0.6 is 0 Å². The molecule has 1 amide bonds. The fraction of sp³-hybridized carbons (Fsp3) is 0.150. The number of ether oxygens (including phenoxy) is 1. The van der Waals surface area contributed by atoms with Crippen LogP contribution in [0.25, 0.3) is 22.0 Å². The predicted octanol–water partition coefficient (Wildman–Crippen LogP) is 2.57. The van der Waals surface area contributed by atoms with Crippen molar-refractivity contribution in [2.24, 2.45) is 0 Å². The first kappa shape index (κ1) is 15.6. The second-order valence-corrected chi connectivity index (χ2v) is 6.34. The molecule has 2 aromatic carbocycles. The molecule has 0 saturated heterocycles. The first-order chi connectivity index (χ1) is 13.2. The molecular weight excluding hydrogens is 346 g/mol. The lowest BCUT2D eigenvalue weighted by Crippen LogP contribution is -2.33. The Morgan fingerprint density at radius 2 is 1.96 bits per heavy atom. The number of carbonyl (C=O) groups is 1. The van der Waals surface area contributed by atoms with Crippen molar-refractivity contribution in [1.82, 2.24) is 9.55 Å². The van der Waals surface area contributed by atoms with Crippen molar-refractivity contribution >= 4 is 33.9 Å². The molecular formula is C20H15N3O4. The van der Waals surface area contributed by atoms with Gasteiger partial charge in [-0.25, -0.2) is 9.78 Å². The minimum atomic E-state index is -0.424. The van der Waals surface area contributed by atoms with Crippen molar-refractivity contribution in [1.29, 1.82) is 0 Å². The topological polar surface area (TPSA) is 77.6 Å². The molecule has 134 valence electrons. The molecule has 0 radical (unpaired) electrons. The second-order valence-electron chi connectivity index (χ2n) is 6.34. The number of imidazole rings is 1. The number of aromatic nitrogens is 2. The smallest absolute Gasteiger partial charge is 0.336 e. The van der Waals surface area contributed by atoms with Crippen LogP contribution in [-0.2, 0) is 11.3 Å². The molecule has 2 aromatic heterocycles. The molecule has 7 heteroatoms. The van der Waals surface area contributed by atoms with Crippen molar-refractivity contribution in [2.75, 3.05) is 18.1 Å². The van der Waals surface area contributed by atoms with Gasteiger partial charge < -0.3 is 13.7 Å². The summed E-state index contributed by atoms with van der Waals surface area (Å²) in [5.74, 6) is 0.950. The zero-order valence-corrected chi connectivity index (χ0v) is 14.3. The molecule has 0 bridgehead atoms. The molecule has 27 heavy (non-hydrogen) atoms. The van der Waals surface area contributed by atoms with E-state index in [9.17, 15) is 9.59 Å². The number of amides is 1. The van der Waals surface area contributed by atoms with Gasteiger partial charge in [0.25, 0.3) is 5.91 Å². The lowest BCUT2D eigenvalue weighted by atomic mass is 10.2. The van der Waals surface area contributed by atoms with E-state index in [2.05, 4.69) is 4.98 Å². The number of fused-ring (bicyclic) bond motifs is 4. The van der Waals surface area contributed by atoms with E-state index in [1.807, 2.05) is 28.8 Å². The number of hydrogen-bond acceptors (Lipinski definition) is 5. The van der Waals surface area contributed by atoms with Crippen LogP contribution in [0.2, 0.25) is 0 Å². The van der Waals surface area contributed by atoms with Crippen LogP contribution in [0.5, 0.6) is 5.75 Å². The molecule has 1 aliphatic heterocycles. The molecule has 7 nitrogen and oxygen atoms in total. The summed E-state index contributed by atoms with van der Waals surface area (Å²) in [6.45, 7) is 1.16. The van der Waals surface area contributed by atoms with Crippen LogP contribution in [0, 0.1) is 0 Å². The second kappa shape index (κ2) is 5.98. The van der Waals surface area contributed by atoms with Crippen LogP contribution in [-0.4, -0.2) is 28.6 Å². The van der Waals surface area contributed by atoms with Crippen molar-refractivity contribution < 1.29 is 13.9 Å². The number of hydrogen-bond donors (Lipinski definition) is 0.